The molecule has 0 saturated carbocycles. The predicted octanol–water partition coefficient (Wildman–Crippen LogP) is 3.14. The van der Waals surface area contributed by atoms with E-state index >= 15 is 0 Å². The van der Waals surface area contributed by atoms with E-state index in [1.54, 1.807) is 17.0 Å². The molecular weight excluding hydrogens is 398 g/mol. The van der Waals surface area contributed by atoms with Gasteiger partial charge in [0.15, 0.2) is 17.3 Å². The van der Waals surface area contributed by atoms with Crippen molar-refractivity contribution in [3.8, 4) is 0 Å². The van der Waals surface area contributed by atoms with Crippen LogP contribution in [0.2, 0.25) is 0 Å². The van der Waals surface area contributed by atoms with E-state index in [1.807, 2.05) is 24.4 Å². The Bertz CT molecular complexity index is 1390. The fourth-order valence-corrected chi connectivity index (χ4v) is 4.54. The Kier molecular flexibility index (Phi) is 3.85. The number of anilines is 3. The first-order valence-electron chi connectivity index (χ1n) is 9.62. The molecule has 0 fully saturated rings. The number of hydrogen-bond donors (Lipinski definition) is 1. The van der Waals surface area contributed by atoms with Crippen LogP contribution in [-0.4, -0.2) is 40.7 Å². The van der Waals surface area contributed by atoms with E-state index in [1.165, 1.54) is 17.1 Å². The summed E-state index contributed by atoms with van der Waals surface area (Å²) >= 11 is 1.39. The number of aryl methyl sites for hydroxylation is 1. The van der Waals surface area contributed by atoms with Gasteiger partial charge in [0.2, 0.25) is 0 Å². The zero-order valence-electron chi connectivity index (χ0n) is 16.1. The van der Waals surface area contributed by atoms with Crippen molar-refractivity contribution in [2.24, 2.45) is 0 Å². The van der Waals surface area contributed by atoms with Crippen LogP contribution < -0.4 is 10.2 Å². The summed E-state index contributed by atoms with van der Waals surface area (Å²) in [6.07, 6.45) is 6.17. The van der Waals surface area contributed by atoms with Crippen LogP contribution >= 0.6 is 11.5 Å². The summed E-state index contributed by atoms with van der Waals surface area (Å²) in [5.74, 6) is 1.76. The van der Waals surface area contributed by atoms with Gasteiger partial charge in [0.05, 0.1) is 17.3 Å². The molecule has 0 aliphatic carbocycles. The van der Waals surface area contributed by atoms with Crippen LogP contribution in [0.4, 0.5) is 17.3 Å². The van der Waals surface area contributed by atoms with Gasteiger partial charge in [-0.3, -0.25) is 4.98 Å². The van der Waals surface area contributed by atoms with Gasteiger partial charge in [-0.25, -0.2) is 4.98 Å². The minimum absolute atomic E-state index is 0.749. The lowest BCUT2D eigenvalue weighted by atomic mass is 10.0. The zero-order valence-corrected chi connectivity index (χ0v) is 17.0. The number of nitrogens with zero attached hydrogens (tertiary/aromatic N) is 8. The summed E-state index contributed by atoms with van der Waals surface area (Å²) in [5, 5.41) is 17.1. The molecule has 0 atom stereocenters. The second-order valence-corrected chi connectivity index (χ2v) is 8.05. The van der Waals surface area contributed by atoms with Gasteiger partial charge in [-0.05, 0) is 53.8 Å². The molecule has 148 valence electrons. The molecular formula is C20H17N9S. The molecule has 0 aromatic carbocycles. The van der Waals surface area contributed by atoms with E-state index in [-0.39, 0.29) is 0 Å². The Labute approximate surface area is 175 Å². The van der Waals surface area contributed by atoms with Crippen molar-refractivity contribution in [2.45, 2.75) is 19.9 Å². The average molecular weight is 415 g/mol. The molecule has 9 nitrogen and oxygen atoms in total. The second-order valence-electron chi connectivity index (χ2n) is 7.30. The molecule has 6 rings (SSSR count). The minimum atomic E-state index is 0.749. The molecule has 5 aromatic heterocycles. The summed E-state index contributed by atoms with van der Waals surface area (Å²) in [6.45, 7) is 3.68. The molecule has 0 amide bonds. The van der Waals surface area contributed by atoms with E-state index in [2.05, 4.69) is 42.8 Å². The van der Waals surface area contributed by atoms with Crippen LogP contribution in [0.1, 0.15) is 16.8 Å². The quantitative estimate of drug-likeness (QED) is 0.480. The highest BCUT2D eigenvalue weighted by molar-refractivity contribution is 7.13. The van der Waals surface area contributed by atoms with Crippen LogP contribution in [0.25, 0.3) is 15.9 Å². The standard InChI is InChI=1S/C20H17N9S/c1-12-7-17-25-23-11-29(17)26-19(12)28-6-4-16-13(10-28)8-14(9-22-16)24-18-15-3-2-5-21-20(15)30-27-18/h2-3,5,7-9,11H,4,6,10H2,1H3,(H,24,27). The molecule has 1 aliphatic heterocycles. The first-order valence-corrected chi connectivity index (χ1v) is 10.4. The highest BCUT2D eigenvalue weighted by Gasteiger charge is 2.21. The lowest BCUT2D eigenvalue weighted by molar-refractivity contribution is 0.689. The minimum Gasteiger partial charge on any atom is -0.350 e. The first kappa shape index (κ1) is 17.2. The van der Waals surface area contributed by atoms with E-state index in [9.17, 15) is 0 Å². The summed E-state index contributed by atoms with van der Waals surface area (Å²) in [7, 11) is 0. The Hall–Kier alpha value is -3.66. The fraction of sp³-hybridized carbons (Fsp3) is 0.200. The summed E-state index contributed by atoms with van der Waals surface area (Å²) in [4.78, 5) is 12.3. The summed E-state index contributed by atoms with van der Waals surface area (Å²) in [6, 6.07) is 8.12. The van der Waals surface area contributed by atoms with Crippen LogP contribution in [0, 0.1) is 6.92 Å². The Morgan fingerprint density at radius 2 is 2.17 bits per heavy atom. The third-order valence-electron chi connectivity index (χ3n) is 5.31. The maximum Gasteiger partial charge on any atom is 0.177 e. The maximum absolute atomic E-state index is 4.71. The second kappa shape index (κ2) is 6.70. The van der Waals surface area contributed by atoms with Crippen LogP contribution in [0.5, 0.6) is 0 Å². The van der Waals surface area contributed by atoms with Gasteiger partial charge in [-0.2, -0.15) is 8.89 Å². The molecule has 0 spiro atoms. The van der Waals surface area contributed by atoms with E-state index < -0.39 is 0 Å². The van der Waals surface area contributed by atoms with Crippen molar-refractivity contribution in [3.05, 3.63) is 59.8 Å². The maximum atomic E-state index is 4.71. The lowest BCUT2D eigenvalue weighted by Crippen LogP contribution is -2.32. The molecule has 1 N–H and O–H groups in total. The molecule has 5 aromatic rings. The zero-order chi connectivity index (χ0) is 20.1. The molecule has 0 unspecified atom stereocenters. The lowest BCUT2D eigenvalue weighted by Gasteiger charge is -2.30. The Morgan fingerprint density at radius 3 is 3.13 bits per heavy atom. The van der Waals surface area contributed by atoms with Crippen molar-refractivity contribution in [1.29, 1.82) is 0 Å². The van der Waals surface area contributed by atoms with E-state index in [0.717, 1.165) is 64.0 Å². The number of rotatable bonds is 3. The molecule has 0 bridgehead atoms. The van der Waals surface area contributed by atoms with Crippen LogP contribution in [-0.2, 0) is 13.0 Å². The van der Waals surface area contributed by atoms with Crippen LogP contribution in [0.3, 0.4) is 0 Å². The van der Waals surface area contributed by atoms with Crippen molar-refractivity contribution in [3.63, 3.8) is 0 Å². The van der Waals surface area contributed by atoms with Crippen LogP contribution in [0.15, 0.2) is 43.0 Å². The van der Waals surface area contributed by atoms with Crippen molar-refractivity contribution in [1.82, 2.24) is 34.2 Å². The van der Waals surface area contributed by atoms with Gasteiger partial charge >= 0.3 is 0 Å². The first-order chi connectivity index (χ1) is 14.7. The van der Waals surface area contributed by atoms with Gasteiger partial charge in [0.1, 0.15) is 11.2 Å². The van der Waals surface area contributed by atoms with Crippen molar-refractivity contribution in [2.75, 3.05) is 16.8 Å². The average Bonchev–Trinajstić information content (AvgIpc) is 3.39. The normalized spacial score (nSPS) is 13.7. The molecule has 10 heteroatoms. The highest BCUT2D eigenvalue weighted by Crippen LogP contribution is 2.30. The molecule has 30 heavy (non-hydrogen) atoms. The monoisotopic (exact) mass is 415 g/mol. The largest absolute Gasteiger partial charge is 0.350 e. The fourth-order valence-electron chi connectivity index (χ4n) is 3.85. The van der Waals surface area contributed by atoms with Gasteiger partial charge < -0.3 is 10.2 Å². The number of hydrogen-bond acceptors (Lipinski definition) is 9. The Balaban J connectivity index is 1.31. The van der Waals surface area contributed by atoms with Gasteiger partial charge in [0.25, 0.3) is 0 Å². The van der Waals surface area contributed by atoms with Crippen molar-refractivity contribution >= 4 is 44.7 Å². The number of fused-ring (bicyclic) bond motifs is 3. The molecule has 6 heterocycles. The summed E-state index contributed by atoms with van der Waals surface area (Å²) in [5.41, 5.74) is 5.08. The Morgan fingerprint density at radius 1 is 1.20 bits per heavy atom. The van der Waals surface area contributed by atoms with E-state index in [0.29, 0.717) is 0 Å². The topological polar surface area (TPSA) is 97.0 Å². The molecule has 0 radical (unpaired) electrons. The third kappa shape index (κ3) is 2.84. The SMILES string of the molecule is Cc1cc2nncn2nc1N1CCc2ncc(Nc3nsc4ncccc34)cc2C1. The number of pyridine rings is 2. The number of aromatic nitrogens is 7. The predicted molar refractivity (Wildman–Crippen MR) is 115 cm³/mol. The third-order valence-corrected chi connectivity index (χ3v) is 6.08. The van der Waals surface area contributed by atoms with E-state index in [4.69, 9.17) is 10.1 Å². The van der Waals surface area contributed by atoms with Gasteiger partial charge in [0, 0.05) is 31.4 Å². The smallest absolute Gasteiger partial charge is 0.177 e. The molecule has 0 saturated heterocycles. The van der Waals surface area contributed by atoms with Crippen molar-refractivity contribution < 1.29 is 0 Å². The molecule has 1 aliphatic rings. The highest BCUT2D eigenvalue weighted by atomic mass is 32.1. The number of nitrogens with one attached hydrogen (secondary N) is 1. The van der Waals surface area contributed by atoms with Gasteiger partial charge in [-0.1, -0.05) is 0 Å². The van der Waals surface area contributed by atoms with Gasteiger partial charge in [-0.15, -0.1) is 15.3 Å². The summed E-state index contributed by atoms with van der Waals surface area (Å²) < 4.78 is 6.22.